The second-order valence-corrected chi connectivity index (χ2v) is 14.9. The molecule has 0 aliphatic carbocycles. The number of nitro benzene ring substituents is 1. The van der Waals surface area contributed by atoms with Crippen molar-refractivity contribution in [2.45, 2.75) is 6.17 Å². The fourth-order valence-corrected chi connectivity index (χ4v) is 6.48. The van der Waals surface area contributed by atoms with Crippen LogP contribution in [0.2, 0.25) is 0 Å². The minimum absolute atomic E-state index is 0.0335. The number of para-hydroxylation sites is 2. The van der Waals surface area contributed by atoms with Crippen molar-refractivity contribution in [3.63, 3.8) is 0 Å². The molecule has 19 heteroatoms. The first-order chi connectivity index (χ1) is 24.5. The molecule has 4 aromatic carbocycles. The van der Waals surface area contributed by atoms with Gasteiger partial charge >= 0.3 is 6.03 Å². The molecule has 0 radical (unpaired) electrons. The van der Waals surface area contributed by atoms with Crippen LogP contribution in [0, 0.1) is 10.1 Å². The fourth-order valence-electron chi connectivity index (χ4n) is 5.38. The smallest absolute Gasteiger partial charge is 0.311 e. The van der Waals surface area contributed by atoms with Crippen LogP contribution in [0.5, 0.6) is 0 Å². The third kappa shape index (κ3) is 7.64. The molecule has 1 atom stereocenters. The lowest BCUT2D eigenvalue weighted by Crippen LogP contribution is -2.51. The van der Waals surface area contributed by atoms with Gasteiger partial charge in [0.05, 0.1) is 45.8 Å². The number of sulfonamides is 2. The topological polar surface area (TPSA) is 226 Å². The van der Waals surface area contributed by atoms with Crippen molar-refractivity contribution in [1.29, 1.82) is 0 Å². The lowest BCUT2D eigenvalue weighted by molar-refractivity contribution is -0.383. The molecule has 4 aromatic rings. The lowest BCUT2D eigenvalue weighted by atomic mass is 10.0. The summed E-state index contributed by atoms with van der Waals surface area (Å²) in [7, 11) is -6.91. The Hall–Kier alpha value is -6.47. The maximum Gasteiger partial charge on any atom is 0.328 e. The average molecular weight is 748 g/mol. The number of fused-ring (bicyclic) bond motifs is 1. The van der Waals surface area contributed by atoms with E-state index in [9.17, 15) is 46.1 Å². The summed E-state index contributed by atoms with van der Waals surface area (Å²) in [6, 6.07) is 22.2. The summed E-state index contributed by atoms with van der Waals surface area (Å²) in [5, 5.41) is 14.4. The van der Waals surface area contributed by atoms with Gasteiger partial charge < -0.3 is 10.2 Å². The Morgan fingerprint density at radius 1 is 0.904 bits per heavy atom. The second kappa shape index (κ2) is 14.4. The van der Waals surface area contributed by atoms with Gasteiger partial charge in [-0.25, -0.2) is 35.6 Å². The van der Waals surface area contributed by atoms with Crippen molar-refractivity contribution in [2.24, 2.45) is 4.99 Å². The molecule has 0 aromatic heterocycles. The third-order valence-corrected chi connectivity index (χ3v) is 9.21. The van der Waals surface area contributed by atoms with Gasteiger partial charge in [-0.15, -0.1) is 0 Å². The number of hydrogen-bond acceptors (Lipinski definition) is 11. The highest BCUT2D eigenvalue weighted by Gasteiger charge is 2.39. The fraction of sp³-hybridized carbons (Fsp3) is 0.121. The van der Waals surface area contributed by atoms with E-state index in [0.717, 1.165) is 35.4 Å². The van der Waals surface area contributed by atoms with E-state index in [4.69, 9.17) is 4.99 Å². The maximum absolute atomic E-state index is 14.6. The first kappa shape index (κ1) is 36.8. The zero-order valence-electron chi connectivity index (χ0n) is 27.5. The zero-order chi connectivity index (χ0) is 38.0. The van der Waals surface area contributed by atoms with E-state index in [1.54, 1.807) is 59.3 Å². The molecule has 0 saturated heterocycles. The minimum atomic E-state index is -4.18. The van der Waals surface area contributed by atoms with Crippen LogP contribution in [0.4, 0.5) is 33.2 Å². The number of urea groups is 1. The molecule has 0 spiro atoms. The maximum atomic E-state index is 14.6. The van der Waals surface area contributed by atoms with Gasteiger partial charge in [0, 0.05) is 24.2 Å². The van der Waals surface area contributed by atoms with E-state index in [1.165, 1.54) is 30.1 Å². The molecule has 0 saturated carbocycles. The Morgan fingerprint density at radius 3 is 2.17 bits per heavy atom. The molecule has 2 N–H and O–H groups in total. The van der Waals surface area contributed by atoms with Crippen LogP contribution in [0.3, 0.4) is 0 Å². The summed E-state index contributed by atoms with van der Waals surface area (Å²) in [4.78, 5) is 71.9. The summed E-state index contributed by atoms with van der Waals surface area (Å²) in [5.74, 6) is -2.10. The SMILES string of the molecule is CN1C(=O)C(N(C(=O)Nc2c(C(=O)NS(C)(=O)=O)cccc2[N+](=O)[O-])c2cccc(N(C=O)S(C)(=O)=O)c2)N=C(c2ccccc2)c2ccccc21. The van der Waals surface area contributed by atoms with Crippen LogP contribution < -0.4 is 24.1 Å². The van der Waals surface area contributed by atoms with Gasteiger partial charge in [0.1, 0.15) is 5.69 Å². The van der Waals surface area contributed by atoms with Crippen LogP contribution in [-0.4, -0.2) is 77.5 Å². The molecule has 5 amide bonds. The first-order valence-electron chi connectivity index (χ1n) is 15.0. The summed E-state index contributed by atoms with van der Waals surface area (Å²) in [5.41, 5.74) is -0.878. The molecule has 0 fully saturated rings. The number of carbonyl (C=O) groups is 4. The highest BCUT2D eigenvalue weighted by atomic mass is 32.2. The molecular formula is C33H29N7O10S2. The van der Waals surface area contributed by atoms with E-state index in [2.05, 4.69) is 5.32 Å². The van der Waals surface area contributed by atoms with Gasteiger partial charge in [0.2, 0.25) is 32.6 Å². The van der Waals surface area contributed by atoms with E-state index in [-0.39, 0.29) is 23.5 Å². The monoisotopic (exact) mass is 747 g/mol. The number of benzodiazepines with no additional fused rings is 1. The lowest BCUT2D eigenvalue weighted by Gasteiger charge is -2.31. The van der Waals surface area contributed by atoms with E-state index in [1.807, 2.05) is 0 Å². The molecule has 1 aliphatic rings. The van der Waals surface area contributed by atoms with Gasteiger partial charge in [0.25, 0.3) is 17.5 Å². The highest BCUT2D eigenvalue weighted by molar-refractivity contribution is 7.92. The number of anilines is 4. The van der Waals surface area contributed by atoms with Gasteiger partial charge in [-0.3, -0.25) is 29.4 Å². The van der Waals surface area contributed by atoms with Crippen LogP contribution in [-0.2, 0) is 29.6 Å². The Labute approximate surface area is 297 Å². The summed E-state index contributed by atoms with van der Waals surface area (Å²) in [6.07, 6.45) is -0.316. The number of nitrogens with zero attached hydrogens (tertiary/aromatic N) is 5. The standard InChI is InChI=1S/C33H29N7O10S2/c1-37-26-17-8-7-15-24(26)28(21-11-5-4-6-12-21)34-30(32(37)43)39(23-14-9-13-22(19-23)38(20-41)52(3,49)50)33(44)35-29-25(31(42)36-51(2,47)48)16-10-18-27(29)40(45)46/h4-20,30H,1-3H3,(H,35,44)(H,36,42). The number of nitro groups is 1. The van der Waals surface area contributed by atoms with Crippen molar-refractivity contribution < 1.29 is 40.9 Å². The normalized spacial score (nSPS) is 14.3. The van der Waals surface area contributed by atoms with E-state index < -0.39 is 65.9 Å². The molecule has 0 bridgehead atoms. The molecule has 1 unspecified atom stereocenters. The number of nitrogens with one attached hydrogen (secondary N) is 2. The molecular weight excluding hydrogens is 719 g/mol. The van der Waals surface area contributed by atoms with Crippen molar-refractivity contribution >= 4 is 78.5 Å². The number of amides is 5. The molecule has 1 aliphatic heterocycles. The van der Waals surface area contributed by atoms with Crippen molar-refractivity contribution in [2.75, 3.05) is 39.0 Å². The number of aliphatic imine (C=N–C) groups is 1. The molecule has 268 valence electrons. The van der Waals surface area contributed by atoms with Gasteiger partial charge in [0.15, 0.2) is 0 Å². The Balaban J connectivity index is 1.77. The van der Waals surface area contributed by atoms with Crippen molar-refractivity contribution in [3.8, 4) is 0 Å². The molecule has 17 nitrogen and oxygen atoms in total. The summed E-state index contributed by atoms with van der Waals surface area (Å²) >= 11 is 0. The molecule has 5 rings (SSSR count). The quantitative estimate of drug-likeness (QED) is 0.137. The number of hydrogen-bond donors (Lipinski definition) is 2. The van der Waals surface area contributed by atoms with Gasteiger partial charge in [-0.1, -0.05) is 60.7 Å². The number of likely N-dealkylation sites (N-methyl/N-ethyl adjacent to an activating group) is 1. The number of carbonyl (C=O) groups excluding carboxylic acids is 4. The zero-order valence-corrected chi connectivity index (χ0v) is 29.2. The number of benzene rings is 4. The molecule has 1 heterocycles. The second-order valence-electron chi connectivity index (χ2n) is 11.3. The van der Waals surface area contributed by atoms with Gasteiger partial charge in [-0.05, 0) is 30.3 Å². The van der Waals surface area contributed by atoms with Crippen molar-refractivity contribution in [3.05, 3.63) is 124 Å². The van der Waals surface area contributed by atoms with Crippen LogP contribution in [0.15, 0.2) is 102 Å². The van der Waals surface area contributed by atoms with E-state index in [0.29, 0.717) is 27.4 Å². The highest BCUT2D eigenvalue weighted by Crippen LogP contribution is 2.34. The largest absolute Gasteiger partial charge is 0.328 e. The Kier molecular flexibility index (Phi) is 10.2. The minimum Gasteiger partial charge on any atom is -0.311 e. The average Bonchev–Trinajstić information content (AvgIpc) is 3.18. The first-order valence-corrected chi connectivity index (χ1v) is 18.7. The number of rotatable bonds is 10. The van der Waals surface area contributed by atoms with Gasteiger partial charge in [-0.2, -0.15) is 0 Å². The summed E-state index contributed by atoms with van der Waals surface area (Å²) in [6.45, 7) is 0. The third-order valence-electron chi connectivity index (χ3n) is 7.64. The van der Waals surface area contributed by atoms with Crippen molar-refractivity contribution in [1.82, 2.24) is 4.72 Å². The Bertz CT molecular complexity index is 2370. The summed E-state index contributed by atoms with van der Waals surface area (Å²) < 4.78 is 50.8. The van der Waals surface area contributed by atoms with Crippen LogP contribution in [0.25, 0.3) is 0 Å². The van der Waals surface area contributed by atoms with E-state index >= 15 is 0 Å². The predicted octanol–water partition coefficient (Wildman–Crippen LogP) is 3.09. The predicted molar refractivity (Wildman–Crippen MR) is 192 cm³/mol. The molecule has 52 heavy (non-hydrogen) atoms. The van der Waals surface area contributed by atoms with Crippen LogP contribution in [0.1, 0.15) is 21.5 Å². The Morgan fingerprint density at radius 2 is 1.54 bits per heavy atom. The van der Waals surface area contributed by atoms with Crippen LogP contribution >= 0.6 is 0 Å².